The van der Waals surface area contributed by atoms with Gasteiger partial charge in [-0.25, -0.2) is 4.68 Å². The van der Waals surface area contributed by atoms with Crippen molar-refractivity contribution in [1.82, 2.24) is 25.6 Å². The summed E-state index contributed by atoms with van der Waals surface area (Å²) in [5.74, 6) is 0.226. The van der Waals surface area contributed by atoms with Crippen LogP contribution in [0.15, 0.2) is 28.7 Å². The van der Waals surface area contributed by atoms with Gasteiger partial charge < -0.3 is 10.6 Å². The van der Waals surface area contributed by atoms with Crippen molar-refractivity contribution >= 4 is 34.2 Å². The number of hydrogen-bond acceptors (Lipinski definition) is 4. The number of nitrogens with zero attached hydrogens (tertiary/aromatic N) is 3. The second-order valence-corrected chi connectivity index (χ2v) is 6.26. The zero-order valence-corrected chi connectivity index (χ0v) is 15.2. The fraction of sp³-hybridized carbons (Fsp3) is 0.400. The number of amides is 1. The summed E-state index contributed by atoms with van der Waals surface area (Å²) >= 11 is 3.43. The van der Waals surface area contributed by atoms with E-state index in [2.05, 4.69) is 36.9 Å². The van der Waals surface area contributed by atoms with Crippen molar-refractivity contribution < 1.29 is 4.79 Å². The van der Waals surface area contributed by atoms with E-state index in [0.717, 1.165) is 35.2 Å². The van der Waals surface area contributed by atoms with Gasteiger partial charge in [0.25, 0.3) is 5.91 Å². The van der Waals surface area contributed by atoms with Crippen LogP contribution in [0.1, 0.15) is 34.9 Å². The molecular weight excluding hydrogens is 382 g/mol. The molecule has 1 aliphatic carbocycles. The van der Waals surface area contributed by atoms with Crippen LogP contribution in [-0.4, -0.2) is 41.0 Å². The summed E-state index contributed by atoms with van der Waals surface area (Å²) in [5, 5.41) is 14.2. The number of rotatable bonds is 6. The standard InChI is InChI=1S/C15H18BrN5O.ClH/c1-17-8-9-18-15(22)13-14(10-2-3-10)21(20-19-13)12-6-4-11(16)5-7-12;/h4-7,10,17H,2-3,8-9H2,1H3,(H,18,22);1H. The predicted molar refractivity (Wildman–Crippen MR) is 94.5 cm³/mol. The monoisotopic (exact) mass is 399 g/mol. The minimum absolute atomic E-state index is 0. The smallest absolute Gasteiger partial charge is 0.273 e. The van der Waals surface area contributed by atoms with Gasteiger partial charge in [-0.1, -0.05) is 21.1 Å². The van der Waals surface area contributed by atoms with Gasteiger partial charge in [0.05, 0.1) is 11.4 Å². The molecule has 1 fully saturated rings. The van der Waals surface area contributed by atoms with Crippen LogP contribution in [0, 0.1) is 0 Å². The van der Waals surface area contributed by atoms with E-state index >= 15 is 0 Å². The number of benzene rings is 1. The van der Waals surface area contributed by atoms with Crippen LogP contribution in [0.25, 0.3) is 5.69 Å². The summed E-state index contributed by atoms with van der Waals surface area (Å²) in [5.41, 5.74) is 2.29. The third kappa shape index (κ3) is 4.10. The molecule has 23 heavy (non-hydrogen) atoms. The molecule has 124 valence electrons. The lowest BCUT2D eigenvalue weighted by Crippen LogP contribution is -2.31. The van der Waals surface area contributed by atoms with Crippen LogP contribution < -0.4 is 10.6 Å². The Morgan fingerprint density at radius 1 is 1.30 bits per heavy atom. The fourth-order valence-corrected chi connectivity index (χ4v) is 2.60. The van der Waals surface area contributed by atoms with Gasteiger partial charge in [-0.3, -0.25) is 4.79 Å². The Balaban J connectivity index is 0.00000192. The molecule has 1 aromatic heterocycles. The van der Waals surface area contributed by atoms with Crippen molar-refractivity contribution in [2.45, 2.75) is 18.8 Å². The van der Waals surface area contributed by atoms with E-state index in [9.17, 15) is 4.79 Å². The molecule has 0 radical (unpaired) electrons. The van der Waals surface area contributed by atoms with E-state index in [1.54, 1.807) is 4.68 Å². The van der Waals surface area contributed by atoms with Gasteiger partial charge in [-0.2, -0.15) is 0 Å². The highest BCUT2D eigenvalue weighted by molar-refractivity contribution is 9.10. The molecule has 0 atom stereocenters. The first-order valence-corrected chi connectivity index (χ1v) is 8.14. The van der Waals surface area contributed by atoms with Gasteiger partial charge in [0, 0.05) is 23.5 Å². The highest BCUT2D eigenvalue weighted by atomic mass is 79.9. The third-order valence-corrected chi connectivity index (χ3v) is 4.14. The van der Waals surface area contributed by atoms with Crippen LogP contribution in [0.2, 0.25) is 0 Å². The molecule has 0 aliphatic heterocycles. The van der Waals surface area contributed by atoms with Crippen molar-refractivity contribution in [3.63, 3.8) is 0 Å². The molecule has 2 aromatic rings. The van der Waals surface area contributed by atoms with Gasteiger partial charge in [-0.05, 0) is 44.2 Å². The number of halogens is 2. The van der Waals surface area contributed by atoms with Crippen molar-refractivity contribution in [3.8, 4) is 5.69 Å². The Bertz CT molecular complexity index is 669. The largest absolute Gasteiger partial charge is 0.349 e. The maximum Gasteiger partial charge on any atom is 0.273 e. The Kier molecular flexibility index (Phi) is 6.15. The van der Waals surface area contributed by atoms with Gasteiger partial charge in [0.2, 0.25) is 0 Å². The van der Waals surface area contributed by atoms with Crippen LogP contribution in [-0.2, 0) is 0 Å². The van der Waals surface area contributed by atoms with Crippen LogP contribution in [0.5, 0.6) is 0 Å². The Morgan fingerprint density at radius 2 is 2.00 bits per heavy atom. The zero-order valence-electron chi connectivity index (χ0n) is 12.8. The summed E-state index contributed by atoms with van der Waals surface area (Å²) in [7, 11) is 1.85. The molecule has 6 nitrogen and oxygen atoms in total. The van der Waals surface area contributed by atoms with Crippen molar-refractivity contribution in [1.29, 1.82) is 0 Å². The molecule has 1 amide bonds. The molecule has 1 aromatic carbocycles. The molecule has 0 saturated heterocycles. The van der Waals surface area contributed by atoms with Crippen LogP contribution in [0.4, 0.5) is 0 Å². The number of hydrogen-bond donors (Lipinski definition) is 2. The average molecular weight is 401 g/mol. The molecule has 3 rings (SSSR count). The molecule has 2 N–H and O–H groups in total. The molecule has 1 saturated carbocycles. The van der Waals surface area contributed by atoms with Gasteiger partial charge in [-0.15, -0.1) is 17.5 Å². The minimum atomic E-state index is -0.152. The number of aromatic nitrogens is 3. The first-order chi connectivity index (χ1) is 10.7. The first-order valence-electron chi connectivity index (χ1n) is 7.35. The predicted octanol–water partition coefficient (Wildman–Crippen LogP) is 2.28. The highest BCUT2D eigenvalue weighted by Crippen LogP contribution is 2.41. The summed E-state index contributed by atoms with van der Waals surface area (Å²) in [6, 6.07) is 7.85. The lowest BCUT2D eigenvalue weighted by Gasteiger charge is -2.07. The molecule has 0 spiro atoms. The topological polar surface area (TPSA) is 71.8 Å². The SMILES string of the molecule is CNCCNC(=O)c1nnn(-c2ccc(Br)cc2)c1C1CC1.Cl. The van der Waals surface area contributed by atoms with Gasteiger partial charge in [0.1, 0.15) is 0 Å². The summed E-state index contributed by atoms with van der Waals surface area (Å²) in [6.45, 7) is 1.30. The Labute approximate surface area is 149 Å². The second kappa shape index (κ2) is 7.90. The number of carbonyl (C=O) groups is 1. The lowest BCUT2D eigenvalue weighted by atomic mass is 10.2. The molecule has 8 heteroatoms. The maximum atomic E-state index is 12.3. The van der Waals surface area contributed by atoms with E-state index in [4.69, 9.17) is 0 Å². The molecule has 1 heterocycles. The highest BCUT2D eigenvalue weighted by Gasteiger charge is 2.34. The number of nitrogens with one attached hydrogen (secondary N) is 2. The van der Waals surface area contributed by atoms with E-state index < -0.39 is 0 Å². The quantitative estimate of drug-likeness (QED) is 0.730. The Morgan fingerprint density at radius 3 is 2.61 bits per heavy atom. The first kappa shape index (κ1) is 17.9. The Hall–Kier alpha value is -1.44. The lowest BCUT2D eigenvalue weighted by molar-refractivity contribution is 0.0948. The van der Waals surface area contributed by atoms with Gasteiger partial charge in [0.15, 0.2) is 5.69 Å². The summed E-state index contributed by atoms with van der Waals surface area (Å²) < 4.78 is 2.80. The van der Waals surface area contributed by atoms with E-state index in [1.807, 2.05) is 31.3 Å². The van der Waals surface area contributed by atoms with E-state index in [1.165, 1.54) is 0 Å². The summed E-state index contributed by atoms with van der Waals surface area (Å²) in [6.07, 6.45) is 2.17. The number of likely N-dealkylation sites (N-methyl/N-ethyl adjacent to an activating group) is 1. The molecular formula is C15H19BrClN5O. The molecule has 0 bridgehead atoms. The van der Waals surface area contributed by atoms with Crippen molar-refractivity contribution in [3.05, 3.63) is 40.1 Å². The maximum absolute atomic E-state index is 12.3. The van der Waals surface area contributed by atoms with Gasteiger partial charge >= 0.3 is 0 Å². The third-order valence-electron chi connectivity index (χ3n) is 3.62. The van der Waals surface area contributed by atoms with Crippen molar-refractivity contribution in [2.75, 3.05) is 20.1 Å². The van der Waals surface area contributed by atoms with Crippen LogP contribution >= 0.6 is 28.3 Å². The van der Waals surface area contributed by atoms with E-state index in [0.29, 0.717) is 18.2 Å². The summed E-state index contributed by atoms with van der Waals surface area (Å²) in [4.78, 5) is 12.3. The molecule has 1 aliphatic rings. The van der Waals surface area contributed by atoms with Crippen molar-refractivity contribution in [2.24, 2.45) is 0 Å². The number of carbonyl (C=O) groups excluding carboxylic acids is 1. The van der Waals surface area contributed by atoms with E-state index in [-0.39, 0.29) is 18.3 Å². The second-order valence-electron chi connectivity index (χ2n) is 5.35. The zero-order chi connectivity index (χ0) is 15.5. The normalized spacial score (nSPS) is 13.5. The average Bonchev–Trinajstić information content (AvgIpc) is 3.27. The fourth-order valence-electron chi connectivity index (χ4n) is 2.33. The van der Waals surface area contributed by atoms with Crippen LogP contribution in [0.3, 0.4) is 0 Å². The molecule has 0 unspecified atom stereocenters. The minimum Gasteiger partial charge on any atom is -0.349 e.